The van der Waals surface area contributed by atoms with Gasteiger partial charge < -0.3 is 4.42 Å². The summed E-state index contributed by atoms with van der Waals surface area (Å²) in [6.07, 6.45) is 0. The molecule has 0 aliphatic carbocycles. The van der Waals surface area contributed by atoms with Gasteiger partial charge in [0.05, 0.1) is 10.2 Å². The van der Waals surface area contributed by atoms with E-state index in [2.05, 4.69) is 34.3 Å². The molecular formula is C16H13N3OS. The number of nitrogens with zero attached hydrogens (tertiary/aromatic N) is 2. The van der Waals surface area contributed by atoms with Crippen molar-refractivity contribution in [1.82, 2.24) is 9.97 Å². The number of benzene rings is 2. The van der Waals surface area contributed by atoms with Crippen molar-refractivity contribution >= 4 is 43.8 Å². The minimum atomic E-state index is 0.479. The predicted octanol–water partition coefficient (Wildman–Crippen LogP) is 4.80. The Morgan fingerprint density at radius 3 is 2.86 bits per heavy atom. The second-order valence-corrected chi connectivity index (χ2v) is 6.09. The van der Waals surface area contributed by atoms with Gasteiger partial charge in [-0.1, -0.05) is 29.5 Å². The number of oxazole rings is 1. The molecule has 0 saturated carbocycles. The molecule has 0 spiro atoms. The summed E-state index contributed by atoms with van der Waals surface area (Å²) < 4.78 is 6.88. The summed E-state index contributed by atoms with van der Waals surface area (Å²) in [5.74, 6) is 0. The summed E-state index contributed by atoms with van der Waals surface area (Å²) in [5.41, 5.74) is 4.98. The normalized spacial score (nSPS) is 11.3. The van der Waals surface area contributed by atoms with Gasteiger partial charge in [-0.15, -0.1) is 0 Å². The molecule has 21 heavy (non-hydrogen) atoms. The van der Waals surface area contributed by atoms with Gasteiger partial charge in [-0.05, 0) is 43.2 Å². The maximum atomic E-state index is 5.72. The van der Waals surface area contributed by atoms with E-state index in [1.165, 1.54) is 5.56 Å². The summed E-state index contributed by atoms with van der Waals surface area (Å²) in [4.78, 5) is 9.03. The molecule has 0 atom stereocenters. The molecule has 0 fully saturated rings. The zero-order valence-electron chi connectivity index (χ0n) is 11.7. The Kier molecular flexibility index (Phi) is 2.68. The minimum Gasteiger partial charge on any atom is -0.423 e. The topological polar surface area (TPSA) is 51.0 Å². The molecule has 4 nitrogen and oxygen atoms in total. The van der Waals surface area contributed by atoms with Crippen molar-refractivity contribution in [2.45, 2.75) is 13.8 Å². The fraction of sp³-hybridized carbons (Fsp3) is 0.125. The summed E-state index contributed by atoms with van der Waals surface area (Å²) in [6, 6.07) is 12.6. The van der Waals surface area contributed by atoms with Crippen LogP contribution in [-0.2, 0) is 0 Å². The molecule has 2 aromatic carbocycles. The highest BCUT2D eigenvalue weighted by Crippen LogP contribution is 2.30. The van der Waals surface area contributed by atoms with Crippen LogP contribution >= 0.6 is 11.3 Å². The van der Waals surface area contributed by atoms with Gasteiger partial charge in [0, 0.05) is 0 Å². The van der Waals surface area contributed by atoms with Gasteiger partial charge in [-0.25, -0.2) is 4.98 Å². The van der Waals surface area contributed by atoms with E-state index in [0.717, 1.165) is 32.0 Å². The third-order valence-electron chi connectivity index (χ3n) is 3.38. The number of anilines is 2. The molecule has 0 amide bonds. The van der Waals surface area contributed by atoms with E-state index >= 15 is 0 Å². The van der Waals surface area contributed by atoms with Crippen LogP contribution < -0.4 is 5.32 Å². The lowest BCUT2D eigenvalue weighted by Gasteiger charge is -1.93. The van der Waals surface area contributed by atoms with Crippen LogP contribution in [0.2, 0.25) is 0 Å². The Morgan fingerprint density at radius 1 is 1.10 bits per heavy atom. The van der Waals surface area contributed by atoms with E-state index in [0.29, 0.717) is 6.01 Å². The second kappa shape index (κ2) is 4.56. The van der Waals surface area contributed by atoms with Crippen molar-refractivity contribution < 1.29 is 4.42 Å². The molecule has 2 aromatic heterocycles. The van der Waals surface area contributed by atoms with Crippen molar-refractivity contribution in [3.05, 3.63) is 47.5 Å². The van der Waals surface area contributed by atoms with Crippen molar-refractivity contribution in [2.75, 3.05) is 5.32 Å². The van der Waals surface area contributed by atoms with Gasteiger partial charge in [0.15, 0.2) is 10.7 Å². The number of fused-ring (bicyclic) bond motifs is 2. The summed E-state index contributed by atoms with van der Waals surface area (Å²) in [6.45, 7) is 4.10. The number of aromatic nitrogens is 2. The number of hydrogen-bond donors (Lipinski definition) is 1. The highest BCUT2D eigenvalue weighted by Gasteiger charge is 2.10. The first kappa shape index (κ1) is 12.3. The number of rotatable bonds is 2. The smallest absolute Gasteiger partial charge is 0.302 e. The maximum Gasteiger partial charge on any atom is 0.302 e. The number of para-hydroxylation sites is 1. The number of thiazole rings is 1. The fourth-order valence-corrected chi connectivity index (χ4v) is 3.25. The molecule has 4 rings (SSSR count). The molecule has 0 unspecified atom stereocenters. The summed E-state index contributed by atoms with van der Waals surface area (Å²) in [7, 11) is 0. The highest BCUT2D eigenvalue weighted by molar-refractivity contribution is 7.22. The second-order valence-electron chi connectivity index (χ2n) is 5.06. The van der Waals surface area contributed by atoms with Crippen LogP contribution in [0.3, 0.4) is 0 Å². The quantitative estimate of drug-likeness (QED) is 0.577. The summed E-state index contributed by atoms with van der Waals surface area (Å²) in [5, 5.41) is 3.95. The Morgan fingerprint density at radius 2 is 2.00 bits per heavy atom. The van der Waals surface area contributed by atoms with Gasteiger partial charge in [-0.2, -0.15) is 4.98 Å². The summed E-state index contributed by atoms with van der Waals surface area (Å²) >= 11 is 1.60. The fourth-order valence-electron chi connectivity index (χ4n) is 2.32. The minimum absolute atomic E-state index is 0.479. The molecule has 0 saturated heterocycles. The van der Waals surface area contributed by atoms with E-state index in [9.17, 15) is 0 Å². The van der Waals surface area contributed by atoms with Crippen LogP contribution in [0, 0.1) is 13.8 Å². The monoisotopic (exact) mass is 295 g/mol. The molecule has 5 heteroatoms. The van der Waals surface area contributed by atoms with Gasteiger partial charge in [0.25, 0.3) is 0 Å². The Balaban J connectivity index is 1.73. The molecule has 0 aliphatic rings. The van der Waals surface area contributed by atoms with E-state index in [1.807, 2.05) is 31.2 Å². The first-order valence-electron chi connectivity index (χ1n) is 6.69. The molecule has 0 bridgehead atoms. The lowest BCUT2D eigenvalue weighted by atomic mass is 10.2. The Bertz CT molecular complexity index is 955. The van der Waals surface area contributed by atoms with Crippen LogP contribution in [0.25, 0.3) is 21.3 Å². The van der Waals surface area contributed by atoms with Crippen LogP contribution in [0.1, 0.15) is 11.1 Å². The average molecular weight is 295 g/mol. The molecule has 0 aliphatic heterocycles. The van der Waals surface area contributed by atoms with Gasteiger partial charge in [0.2, 0.25) is 0 Å². The SMILES string of the molecule is Cc1ccc2nc(Nc3nc4c(C)cccc4s3)oc2c1. The predicted molar refractivity (Wildman–Crippen MR) is 86.4 cm³/mol. The van der Waals surface area contributed by atoms with E-state index in [4.69, 9.17) is 4.42 Å². The van der Waals surface area contributed by atoms with Gasteiger partial charge >= 0.3 is 6.01 Å². The molecule has 0 radical (unpaired) electrons. The largest absolute Gasteiger partial charge is 0.423 e. The van der Waals surface area contributed by atoms with Crippen molar-refractivity contribution in [3.8, 4) is 0 Å². The zero-order valence-corrected chi connectivity index (χ0v) is 12.5. The molecule has 4 aromatic rings. The Hall–Kier alpha value is -2.40. The van der Waals surface area contributed by atoms with E-state index < -0.39 is 0 Å². The van der Waals surface area contributed by atoms with Gasteiger partial charge in [0.1, 0.15) is 5.52 Å². The molecule has 2 heterocycles. The number of hydrogen-bond acceptors (Lipinski definition) is 5. The Labute approximate surface area is 125 Å². The van der Waals surface area contributed by atoms with E-state index in [1.54, 1.807) is 11.3 Å². The standard InChI is InChI=1S/C16H13N3OS/c1-9-6-7-11-12(8-9)20-15(17-11)19-16-18-14-10(2)4-3-5-13(14)21-16/h3-8H,1-2H3,(H,17,18,19). The maximum absolute atomic E-state index is 5.72. The number of aryl methyl sites for hydroxylation is 2. The van der Waals surface area contributed by atoms with Crippen LogP contribution in [0.15, 0.2) is 40.8 Å². The first-order valence-corrected chi connectivity index (χ1v) is 7.51. The average Bonchev–Trinajstić information content (AvgIpc) is 3.02. The van der Waals surface area contributed by atoms with Crippen LogP contribution in [0.5, 0.6) is 0 Å². The van der Waals surface area contributed by atoms with Crippen molar-refractivity contribution in [2.24, 2.45) is 0 Å². The molecule has 1 N–H and O–H groups in total. The van der Waals surface area contributed by atoms with E-state index in [-0.39, 0.29) is 0 Å². The van der Waals surface area contributed by atoms with Crippen LogP contribution in [0.4, 0.5) is 11.1 Å². The number of nitrogens with one attached hydrogen (secondary N) is 1. The lowest BCUT2D eigenvalue weighted by Crippen LogP contribution is -1.88. The van der Waals surface area contributed by atoms with Crippen LogP contribution in [-0.4, -0.2) is 9.97 Å². The third kappa shape index (κ3) is 2.15. The lowest BCUT2D eigenvalue weighted by molar-refractivity contribution is 0.623. The van der Waals surface area contributed by atoms with Gasteiger partial charge in [-0.3, -0.25) is 5.32 Å². The first-order chi connectivity index (χ1) is 10.2. The van der Waals surface area contributed by atoms with Crippen molar-refractivity contribution in [1.29, 1.82) is 0 Å². The third-order valence-corrected chi connectivity index (χ3v) is 4.31. The zero-order chi connectivity index (χ0) is 14.4. The highest BCUT2D eigenvalue weighted by atomic mass is 32.1. The molecule has 104 valence electrons. The molecular weight excluding hydrogens is 282 g/mol. The van der Waals surface area contributed by atoms with Crippen molar-refractivity contribution in [3.63, 3.8) is 0 Å².